The van der Waals surface area contributed by atoms with Crippen LogP contribution < -0.4 is 10.2 Å². The summed E-state index contributed by atoms with van der Waals surface area (Å²) in [5.74, 6) is 0.516. The molecule has 2 aliphatic heterocycles. The number of nitrogens with one attached hydrogen (secondary N) is 1. The van der Waals surface area contributed by atoms with Gasteiger partial charge in [-0.3, -0.25) is 10.1 Å². The van der Waals surface area contributed by atoms with Crippen molar-refractivity contribution >= 4 is 40.8 Å². The largest absolute Gasteiger partial charge is 0.440 e. The van der Waals surface area contributed by atoms with Gasteiger partial charge in [0.15, 0.2) is 12.3 Å². The van der Waals surface area contributed by atoms with Gasteiger partial charge in [-0.1, -0.05) is 11.6 Å². The van der Waals surface area contributed by atoms with Crippen molar-refractivity contribution in [1.82, 2.24) is 19.5 Å². The van der Waals surface area contributed by atoms with E-state index in [0.29, 0.717) is 24.3 Å². The fourth-order valence-electron chi connectivity index (χ4n) is 5.16. The van der Waals surface area contributed by atoms with Crippen molar-refractivity contribution in [1.29, 1.82) is 0 Å². The minimum Gasteiger partial charge on any atom is -0.440 e. The fourth-order valence-corrected chi connectivity index (χ4v) is 5.34. The number of benzene rings is 1. The number of fused-ring (bicyclic) bond motifs is 1. The molecule has 1 N–H and O–H groups in total. The molecule has 2 aromatic heterocycles. The maximum atomic E-state index is 13.8. The summed E-state index contributed by atoms with van der Waals surface area (Å²) < 4.78 is 43.4. The molecular weight excluding hydrogens is 537 g/mol. The van der Waals surface area contributed by atoms with E-state index in [9.17, 15) is 22.8 Å². The van der Waals surface area contributed by atoms with Crippen molar-refractivity contribution in [3.63, 3.8) is 0 Å². The molecule has 0 aliphatic carbocycles. The van der Waals surface area contributed by atoms with E-state index in [1.165, 1.54) is 18.2 Å². The number of anilines is 2. The maximum absolute atomic E-state index is 13.8. The molecule has 0 unspecified atom stereocenters. The van der Waals surface area contributed by atoms with E-state index < -0.39 is 24.8 Å². The number of hydrogen-bond acceptors (Lipinski definition) is 6. The van der Waals surface area contributed by atoms with Crippen LogP contribution in [0.15, 0.2) is 30.5 Å². The second-order valence-electron chi connectivity index (χ2n) is 9.83. The lowest BCUT2D eigenvalue weighted by Gasteiger charge is -2.35. The van der Waals surface area contributed by atoms with E-state index in [2.05, 4.69) is 15.0 Å². The van der Waals surface area contributed by atoms with Crippen molar-refractivity contribution in [3.05, 3.63) is 52.3 Å². The summed E-state index contributed by atoms with van der Waals surface area (Å²) in [5, 5.41) is 7.23. The van der Waals surface area contributed by atoms with Gasteiger partial charge in [0.25, 0.3) is 5.91 Å². The molecule has 2 fully saturated rings. The lowest BCUT2D eigenvalue weighted by molar-refractivity contribution is -0.159. The van der Waals surface area contributed by atoms with E-state index in [-0.39, 0.29) is 22.3 Å². The molecule has 5 rings (SSSR count). The highest BCUT2D eigenvalue weighted by Gasteiger charge is 2.33. The highest BCUT2D eigenvalue weighted by atomic mass is 35.5. The van der Waals surface area contributed by atoms with Crippen LogP contribution in [0.3, 0.4) is 0 Å². The Kier molecular flexibility index (Phi) is 7.57. The third-order valence-corrected chi connectivity index (χ3v) is 7.19. The number of likely N-dealkylation sites (tertiary alicyclic amines) is 1. The molecule has 9 nitrogen and oxygen atoms in total. The first-order chi connectivity index (χ1) is 18.6. The number of halogens is 4. The molecule has 3 aromatic rings. The molecule has 0 spiro atoms. The summed E-state index contributed by atoms with van der Waals surface area (Å²) in [4.78, 5) is 34.6. The third kappa shape index (κ3) is 6.05. The van der Waals surface area contributed by atoms with Crippen LogP contribution in [-0.2, 0) is 4.74 Å². The van der Waals surface area contributed by atoms with Gasteiger partial charge in [0.05, 0.1) is 23.0 Å². The second kappa shape index (κ2) is 10.9. The van der Waals surface area contributed by atoms with E-state index in [0.717, 1.165) is 50.2 Å². The average Bonchev–Trinajstić information content (AvgIpc) is 3.57. The van der Waals surface area contributed by atoms with Crippen LogP contribution in [0.25, 0.3) is 5.65 Å². The highest BCUT2D eigenvalue weighted by Crippen LogP contribution is 2.34. The van der Waals surface area contributed by atoms with Crippen LogP contribution in [0.4, 0.5) is 29.5 Å². The topological polar surface area (TPSA) is 92.1 Å². The van der Waals surface area contributed by atoms with Crippen LogP contribution in [0.5, 0.6) is 0 Å². The predicted octanol–water partition coefficient (Wildman–Crippen LogP) is 5.77. The Bertz CT molecular complexity index is 1390. The predicted molar refractivity (Wildman–Crippen MR) is 139 cm³/mol. The van der Waals surface area contributed by atoms with Crippen molar-refractivity contribution < 1.29 is 27.5 Å². The van der Waals surface area contributed by atoms with Gasteiger partial charge in [-0.2, -0.15) is 18.3 Å². The van der Waals surface area contributed by atoms with Crippen LogP contribution in [0.1, 0.15) is 59.8 Å². The zero-order chi connectivity index (χ0) is 27.7. The summed E-state index contributed by atoms with van der Waals surface area (Å²) in [7, 11) is 0. The van der Waals surface area contributed by atoms with E-state index in [1.54, 1.807) is 9.42 Å². The number of piperidine rings is 1. The summed E-state index contributed by atoms with van der Waals surface area (Å²) in [5.41, 5.74) is 2.45. The molecule has 1 atom stereocenters. The molecule has 208 valence electrons. The summed E-state index contributed by atoms with van der Waals surface area (Å²) in [6.45, 7) is 2.63. The molecule has 4 heterocycles. The first-order valence-corrected chi connectivity index (χ1v) is 13.2. The number of carbonyl (C=O) groups excluding carboxylic acids is 2. The lowest BCUT2D eigenvalue weighted by Crippen LogP contribution is -2.39. The standard InChI is InChI=1S/C26H28ClF3N6O3/c1-16-14-36-22(32-23(16)34-9-4-5-10-34)13-20(33-36)21-6-2-3-11-35(21)24(37)18-12-17(27)7-8-19(18)31-25(38)39-15-26(28,29)30/h7-8,12-14,21H,2-6,9-11,15H2,1H3,(H,31,38)/t21-/m0/s1. The molecule has 1 aromatic carbocycles. The quantitative estimate of drug-likeness (QED) is 0.423. The Hall–Kier alpha value is -3.54. The molecule has 2 aliphatic rings. The molecular formula is C26H28ClF3N6O3. The van der Waals surface area contributed by atoms with Crippen molar-refractivity contribution in [2.24, 2.45) is 0 Å². The van der Waals surface area contributed by atoms with Gasteiger partial charge < -0.3 is 14.5 Å². The van der Waals surface area contributed by atoms with Crippen LogP contribution >= 0.6 is 11.6 Å². The maximum Gasteiger partial charge on any atom is 0.422 e. The highest BCUT2D eigenvalue weighted by molar-refractivity contribution is 6.31. The Morgan fingerprint density at radius 3 is 2.62 bits per heavy atom. The van der Waals surface area contributed by atoms with Crippen LogP contribution in [0.2, 0.25) is 5.02 Å². The smallest absolute Gasteiger partial charge is 0.422 e. The third-order valence-electron chi connectivity index (χ3n) is 6.95. The minimum atomic E-state index is -4.67. The fraction of sp³-hybridized carbons (Fsp3) is 0.462. The number of hydrogen-bond donors (Lipinski definition) is 1. The van der Waals surface area contributed by atoms with Crippen molar-refractivity contribution in [2.75, 3.05) is 36.5 Å². The second-order valence-corrected chi connectivity index (χ2v) is 10.3. The summed E-state index contributed by atoms with van der Waals surface area (Å²) in [6, 6.07) is 5.71. The average molecular weight is 565 g/mol. The van der Waals surface area contributed by atoms with Crippen LogP contribution in [0, 0.1) is 6.92 Å². The number of amides is 2. The first kappa shape index (κ1) is 27.0. The number of carbonyl (C=O) groups is 2. The number of alkyl halides is 3. The van der Waals surface area contributed by atoms with Gasteiger partial charge in [0, 0.05) is 42.5 Å². The molecule has 2 amide bonds. The SMILES string of the molecule is Cc1cn2nc([C@@H]3CCCCN3C(=O)c3cc(Cl)ccc3NC(=O)OCC(F)(F)F)cc2nc1N1CCCC1. The van der Waals surface area contributed by atoms with Crippen molar-refractivity contribution in [2.45, 2.75) is 51.2 Å². The molecule has 0 saturated carbocycles. The van der Waals surface area contributed by atoms with Gasteiger partial charge in [-0.15, -0.1) is 0 Å². The van der Waals surface area contributed by atoms with E-state index in [4.69, 9.17) is 21.7 Å². The molecule has 39 heavy (non-hydrogen) atoms. The van der Waals surface area contributed by atoms with Gasteiger partial charge in [-0.25, -0.2) is 14.3 Å². The molecule has 0 radical (unpaired) electrons. The summed E-state index contributed by atoms with van der Waals surface area (Å²) in [6.07, 6.45) is 0.543. The van der Waals surface area contributed by atoms with Gasteiger partial charge in [0.2, 0.25) is 0 Å². The number of aryl methyl sites for hydroxylation is 1. The molecule has 13 heteroatoms. The molecule has 2 saturated heterocycles. The Labute approximate surface area is 227 Å². The van der Waals surface area contributed by atoms with E-state index in [1.807, 2.05) is 19.2 Å². The first-order valence-electron chi connectivity index (χ1n) is 12.8. The zero-order valence-corrected chi connectivity index (χ0v) is 22.1. The lowest BCUT2D eigenvalue weighted by atomic mass is 9.98. The number of aromatic nitrogens is 3. The monoisotopic (exact) mass is 564 g/mol. The molecule has 0 bridgehead atoms. The van der Waals surface area contributed by atoms with Gasteiger partial charge in [0.1, 0.15) is 5.82 Å². The van der Waals surface area contributed by atoms with Crippen LogP contribution in [-0.4, -0.2) is 63.9 Å². The number of ether oxygens (including phenoxy) is 1. The Morgan fingerprint density at radius 1 is 1.13 bits per heavy atom. The number of rotatable bonds is 5. The minimum absolute atomic E-state index is 0.00319. The normalized spacial score (nSPS) is 18.0. The Morgan fingerprint density at radius 2 is 1.87 bits per heavy atom. The zero-order valence-electron chi connectivity index (χ0n) is 21.3. The number of nitrogens with zero attached hydrogens (tertiary/aromatic N) is 5. The van der Waals surface area contributed by atoms with Gasteiger partial charge in [-0.05, 0) is 57.2 Å². The van der Waals surface area contributed by atoms with E-state index >= 15 is 0 Å². The Balaban J connectivity index is 1.41. The van der Waals surface area contributed by atoms with Gasteiger partial charge >= 0.3 is 12.3 Å². The summed E-state index contributed by atoms with van der Waals surface area (Å²) >= 11 is 6.16. The van der Waals surface area contributed by atoms with Crippen molar-refractivity contribution in [3.8, 4) is 0 Å².